The highest BCUT2D eigenvalue weighted by atomic mass is 14.8. The normalized spacial score (nSPS) is 14.1. The van der Waals surface area contributed by atoms with Gasteiger partial charge in [0.25, 0.3) is 0 Å². The minimum absolute atomic E-state index is 0.533. The molecule has 0 aromatic rings. The Bertz CT molecular complexity index is 212. The van der Waals surface area contributed by atoms with Gasteiger partial charge in [-0.25, -0.2) is 0 Å². The van der Waals surface area contributed by atoms with Crippen molar-refractivity contribution in [3.8, 4) is 0 Å². The lowest BCUT2D eigenvalue weighted by Crippen LogP contribution is -2.02. The Balaban J connectivity index is 4.07. The molecule has 0 spiro atoms. The molecule has 0 saturated carbocycles. The van der Waals surface area contributed by atoms with Crippen molar-refractivity contribution in [1.82, 2.24) is 0 Å². The second-order valence-electron chi connectivity index (χ2n) is 5.22. The number of aliphatic imine (C=N–C) groups is 1. The molecule has 1 nitrogen and oxygen atoms in total. The quantitative estimate of drug-likeness (QED) is 0.412. The Labute approximate surface area is 115 Å². The van der Waals surface area contributed by atoms with Gasteiger partial charge in [-0.15, -0.1) is 0 Å². The number of unbranched alkanes of at least 4 members (excludes halogenated alkanes) is 1. The van der Waals surface area contributed by atoms with Gasteiger partial charge in [0.1, 0.15) is 0 Å². The molecule has 0 aromatic carbocycles. The Morgan fingerprint density at radius 1 is 0.889 bits per heavy atom. The van der Waals surface area contributed by atoms with Crippen LogP contribution in [-0.2, 0) is 0 Å². The summed E-state index contributed by atoms with van der Waals surface area (Å²) < 4.78 is 0. The summed E-state index contributed by atoms with van der Waals surface area (Å²) in [6, 6.07) is 0.533. The first-order valence-electron chi connectivity index (χ1n) is 7.98. The highest BCUT2D eigenvalue weighted by Gasteiger charge is 2.02. The van der Waals surface area contributed by atoms with Crippen LogP contribution in [0.3, 0.4) is 0 Å². The van der Waals surface area contributed by atoms with E-state index in [4.69, 9.17) is 0 Å². The van der Waals surface area contributed by atoms with Gasteiger partial charge >= 0.3 is 0 Å². The lowest BCUT2D eigenvalue weighted by Gasteiger charge is -2.09. The smallest absolute Gasteiger partial charge is 0.0497 e. The lowest BCUT2D eigenvalue weighted by atomic mass is 9.98. The van der Waals surface area contributed by atoms with Crippen LogP contribution in [0.5, 0.6) is 0 Å². The molecule has 0 aliphatic heterocycles. The maximum Gasteiger partial charge on any atom is 0.0497 e. The van der Waals surface area contributed by atoms with Gasteiger partial charge in [-0.1, -0.05) is 59.5 Å². The van der Waals surface area contributed by atoms with Crippen molar-refractivity contribution in [2.45, 2.75) is 85.1 Å². The predicted molar refractivity (Wildman–Crippen MR) is 84.5 cm³/mol. The van der Waals surface area contributed by atoms with Crippen LogP contribution in [0, 0.1) is 5.92 Å². The minimum atomic E-state index is 0.533. The van der Waals surface area contributed by atoms with Crippen molar-refractivity contribution in [2.75, 3.05) is 0 Å². The molecule has 0 heterocycles. The summed E-state index contributed by atoms with van der Waals surface area (Å²) in [5, 5.41) is 0. The van der Waals surface area contributed by atoms with Gasteiger partial charge in [0.15, 0.2) is 0 Å². The van der Waals surface area contributed by atoms with Crippen molar-refractivity contribution in [1.29, 1.82) is 0 Å². The Morgan fingerprint density at radius 3 is 2.06 bits per heavy atom. The molecular formula is C17H33N. The summed E-state index contributed by atoms with van der Waals surface area (Å²) in [6.07, 6.45) is 16.7. The van der Waals surface area contributed by atoms with E-state index in [-0.39, 0.29) is 0 Å². The monoisotopic (exact) mass is 251 g/mol. The van der Waals surface area contributed by atoms with Gasteiger partial charge in [0, 0.05) is 12.3 Å². The van der Waals surface area contributed by atoms with Crippen LogP contribution in [0.4, 0.5) is 0 Å². The highest BCUT2D eigenvalue weighted by Crippen LogP contribution is 2.14. The number of allylic oxidation sites excluding steroid dienone is 2. The van der Waals surface area contributed by atoms with Crippen molar-refractivity contribution in [3.05, 3.63) is 12.2 Å². The van der Waals surface area contributed by atoms with Crippen molar-refractivity contribution in [2.24, 2.45) is 10.9 Å². The fourth-order valence-corrected chi connectivity index (χ4v) is 2.28. The topological polar surface area (TPSA) is 12.4 Å². The Morgan fingerprint density at radius 2 is 1.56 bits per heavy atom. The van der Waals surface area contributed by atoms with Gasteiger partial charge in [-0.05, 0) is 37.7 Å². The van der Waals surface area contributed by atoms with Crippen LogP contribution < -0.4 is 0 Å². The van der Waals surface area contributed by atoms with Crippen molar-refractivity contribution < 1.29 is 0 Å². The lowest BCUT2D eigenvalue weighted by molar-refractivity contribution is 0.530. The molecule has 0 amide bonds. The molecule has 1 heteroatoms. The zero-order valence-corrected chi connectivity index (χ0v) is 13.0. The van der Waals surface area contributed by atoms with E-state index in [1.54, 1.807) is 0 Å². The summed E-state index contributed by atoms with van der Waals surface area (Å²) in [4.78, 5) is 4.66. The van der Waals surface area contributed by atoms with E-state index in [0.29, 0.717) is 6.04 Å². The van der Waals surface area contributed by atoms with E-state index in [2.05, 4.69) is 44.8 Å². The molecule has 106 valence electrons. The van der Waals surface area contributed by atoms with Gasteiger partial charge in [0.05, 0.1) is 0 Å². The first kappa shape index (κ1) is 17.4. The maximum atomic E-state index is 4.66. The van der Waals surface area contributed by atoms with Gasteiger partial charge in [-0.2, -0.15) is 0 Å². The van der Waals surface area contributed by atoms with E-state index in [1.807, 2.05) is 6.21 Å². The molecular weight excluding hydrogens is 218 g/mol. The molecule has 0 aliphatic rings. The summed E-state index contributed by atoms with van der Waals surface area (Å²) in [7, 11) is 0. The Kier molecular flexibility index (Phi) is 12.4. The fourth-order valence-electron chi connectivity index (χ4n) is 2.28. The molecule has 0 aromatic heterocycles. The third-order valence-corrected chi connectivity index (χ3v) is 3.45. The zero-order valence-electron chi connectivity index (χ0n) is 13.0. The SMILES string of the molecule is CCCC[C@@H](CC)/N=C\C=C/C(CCC)CCC. The van der Waals surface area contributed by atoms with Gasteiger partial charge < -0.3 is 0 Å². The van der Waals surface area contributed by atoms with E-state index < -0.39 is 0 Å². The molecule has 0 N–H and O–H groups in total. The van der Waals surface area contributed by atoms with Crippen molar-refractivity contribution >= 4 is 6.21 Å². The third kappa shape index (κ3) is 9.44. The molecule has 0 saturated heterocycles. The molecule has 0 aliphatic carbocycles. The molecule has 0 rings (SSSR count). The largest absolute Gasteiger partial charge is 0.290 e. The molecule has 0 fully saturated rings. The second kappa shape index (κ2) is 12.9. The number of hydrogen-bond acceptors (Lipinski definition) is 1. The number of nitrogens with zero attached hydrogens (tertiary/aromatic N) is 1. The number of hydrogen-bond donors (Lipinski definition) is 0. The van der Waals surface area contributed by atoms with Crippen LogP contribution >= 0.6 is 0 Å². The molecule has 1 atom stereocenters. The highest BCUT2D eigenvalue weighted by molar-refractivity contribution is 5.71. The first-order valence-corrected chi connectivity index (χ1v) is 7.98. The third-order valence-electron chi connectivity index (χ3n) is 3.45. The van der Waals surface area contributed by atoms with Crippen LogP contribution in [-0.4, -0.2) is 12.3 Å². The average molecular weight is 251 g/mol. The number of rotatable bonds is 11. The van der Waals surface area contributed by atoms with Gasteiger partial charge in [0.2, 0.25) is 0 Å². The standard InChI is InChI=1S/C17H33N/c1-5-9-14-17(8-4)18-15-10-13-16(11-6-2)12-7-3/h10,13,15-17H,5-9,11-12,14H2,1-4H3/b13-10-,18-15-/t17-/m1/s1. The van der Waals surface area contributed by atoms with Crippen LogP contribution in [0.2, 0.25) is 0 Å². The van der Waals surface area contributed by atoms with E-state index in [0.717, 1.165) is 12.3 Å². The van der Waals surface area contributed by atoms with Crippen molar-refractivity contribution in [3.63, 3.8) is 0 Å². The molecule has 0 radical (unpaired) electrons. The van der Waals surface area contributed by atoms with E-state index in [9.17, 15) is 0 Å². The van der Waals surface area contributed by atoms with Crippen LogP contribution in [0.25, 0.3) is 0 Å². The Hall–Kier alpha value is -0.590. The average Bonchev–Trinajstić information content (AvgIpc) is 2.38. The van der Waals surface area contributed by atoms with Crippen LogP contribution in [0.1, 0.15) is 79.1 Å². The summed E-state index contributed by atoms with van der Waals surface area (Å²) in [5.41, 5.74) is 0. The predicted octanol–water partition coefficient (Wildman–Crippen LogP) is 5.80. The summed E-state index contributed by atoms with van der Waals surface area (Å²) in [5.74, 6) is 0.752. The first-order chi connectivity index (χ1) is 8.78. The fraction of sp³-hybridized carbons (Fsp3) is 0.824. The molecule has 18 heavy (non-hydrogen) atoms. The van der Waals surface area contributed by atoms with E-state index >= 15 is 0 Å². The van der Waals surface area contributed by atoms with Gasteiger partial charge in [-0.3, -0.25) is 4.99 Å². The molecule has 0 bridgehead atoms. The minimum Gasteiger partial charge on any atom is -0.290 e. The summed E-state index contributed by atoms with van der Waals surface area (Å²) >= 11 is 0. The second-order valence-corrected chi connectivity index (χ2v) is 5.22. The summed E-state index contributed by atoms with van der Waals surface area (Å²) in [6.45, 7) is 9.01. The molecule has 0 unspecified atom stereocenters. The van der Waals surface area contributed by atoms with E-state index in [1.165, 1.54) is 44.9 Å². The maximum absolute atomic E-state index is 4.66. The zero-order chi connectivity index (χ0) is 13.6. The van der Waals surface area contributed by atoms with Crippen LogP contribution in [0.15, 0.2) is 17.1 Å².